The highest BCUT2D eigenvalue weighted by Gasteiger charge is 2.81. The third kappa shape index (κ3) is 4.67. The number of rotatable bonds is 8. The third-order valence-electron chi connectivity index (χ3n) is 7.85. The van der Waals surface area contributed by atoms with Crippen LogP contribution in [0.5, 0.6) is 5.75 Å². The number of carbonyl (C=O) groups is 2. The lowest BCUT2D eigenvalue weighted by molar-refractivity contribution is -0.367. The summed E-state index contributed by atoms with van der Waals surface area (Å²) in [5.74, 6) is -2.36. The monoisotopic (exact) mass is 601 g/mol. The number of nitrogens with one attached hydrogen (secondary N) is 1. The summed E-state index contributed by atoms with van der Waals surface area (Å²) in [6.07, 6.45) is -5.66. The van der Waals surface area contributed by atoms with Crippen LogP contribution >= 0.6 is 0 Å². The third-order valence-corrected chi connectivity index (χ3v) is 9.36. The summed E-state index contributed by atoms with van der Waals surface area (Å²) in [5.41, 5.74) is -8.45. The molecule has 0 saturated heterocycles. The van der Waals surface area contributed by atoms with E-state index in [4.69, 9.17) is 4.74 Å². The van der Waals surface area contributed by atoms with E-state index in [1.165, 1.54) is 6.07 Å². The molecule has 1 amide bonds. The lowest BCUT2D eigenvalue weighted by Gasteiger charge is -2.72. The van der Waals surface area contributed by atoms with Gasteiger partial charge in [0.1, 0.15) is 18.4 Å². The Bertz CT molecular complexity index is 1630. The summed E-state index contributed by atoms with van der Waals surface area (Å²) >= 11 is 0. The molecule has 0 aliphatic heterocycles. The van der Waals surface area contributed by atoms with Gasteiger partial charge in [-0.3, -0.25) is 4.79 Å². The molecule has 6 rings (SSSR count). The van der Waals surface area contributed by atoms with Crippen molar-refractivity contribution in [2.24, 2.45) is 10.8 Å². The zero-order valence-corrected chi connectivity index (χ0v) is 21.7. The largest absolute Gasteiger partial charge is 0.501 e. The van der Waals surface area contributed by atoms with E-state index in [2.05, 4.69) is 5.32 Å². The average Bonchev–Trinajstić information content (AvgIpc) is 2.83. The minimum absolute atomic E-state index is 0.00101. The number of ether oxygens (including phenoxy) is 1. The van der Waals surface area contributed by atoms with Gasteiger partial charge in [0.2, 0.25) is 0 Å². The van der Waals surface area contributed by atoms with E-state index in [-0.39, 0.29) is 23.5 Å². The fourth-order valence-electron chi connectivity index (χ4n) is 5.79. The molecule has 218 valence electrons. The van der Waals surface area contributed by atoms with Gasteiger partial charge in [-0.15, -0.1) is 0 Å². The molecule has 14 heteroatoms. The Morgan fingerprint density at radius 2 is 1.54 bits per heavy atom. The number of hydrogen-bond donors (Lipinski definition) is 2. The van der Waals surface area contributed by atoms with Crippen molar-refractivity contribution >= 4 is 32.5 Å². The van der Waals surface area contributed by atoms with Gasteiger partial charge >= 0.3 is 17.7 Å². The number of halogens is 6. The van der Waals surface area contributed by atoms with Crippen LogP contribution in [0.3, 0.4) is 0 Å². The number of alkyl halides is 6. The predicted octanol–water partition coefficient (Wildman–Crippen LogP) is 5.63. The molecule has 0 aromatic heterocycles. The molecule has 41 heavy (non-hydrogen) atoms. The fourth-order valence-corrected chi connectivity index (χ4v) is 6.55. The van der Waals surface area contributed by atoms with E-state index >= 15 is 0 Å². The highest BCUT2D eigenvalue weighted by Crippen LogP contribution is 2.79. The topological polar surface area (TPSA) is 110 Å². The molecule has 0 spiro atoms. The standard InChI is InChI=1S/C27H21F6NO6S/c28-26(29,30)25-12-24(13-25,14-25)21(23(36)37)34-22(35)19-10-7-16-3-1-2-4-18(16)20(19)40-11-15-5-8-17(9-6-15)41(38,39)27(31,32)33/h1-10,21H,11-14H2,(H,34,35)(H,36,37). The van der Waals surface area contributed by atoms with E-state index in [0.717, 1.165) is 24.3 Å². The number of amides is 1. The number of carboxylic acids is 1. The molecule has 3 aliphatic rings. The number of fused-ring (bicyclic) bond motifs is 1. The molecule has 0 heterocycles. The minimum atomic E-state index is -5.55. The Kier molecular flexibility index (Phi) is 6.56. The van der Waals surface area contributed by atoms with Gasteiger partial charge in [-0.2, -0.15) is 26.3 Å². The van der Waals surface area contributed by atoms with Crippen LogP contribution in [0.15, 0.2) is 65.6 Å². The summed E-state index contributed by atoms with van der Waals surface area (Å²) in [6, 6.07) is 11.8. The second kappa shape index (κ2) is 9.36. The number of benzene rings is 3. The zero-order valence-electron chi connectivity index (χ0n) is 20.8. The van der Waals surface area contributed by atoms with Crippen molar-refractivity contribution in [3.05, 3.63) is 71.8 Å². The van der Waals surface area contributed by atoms with Gasteiger partial charge in [0.05, 0.1) is 15.9 Å². The Balaban J connectivity index is 1.39. The molecular formula is C27H21F6NO6S. The first kappa shape index (κ1) is 28.7. The quantitative estimate of drug-likeness (QED) is 0.324. The van der Waals surface area contributed by atoms with Crippen molar-refractivity contribution in [2.75, 3.05) is 0 Å². The van der Waals surface area contributed by atoms with Crippen molar-refractivity contribution in [2.45, 2.75) is 48.5 Å². The van der Waals surface area contributed by atoms with Gasteiger partial charge in [0.15, 0.2) is 0 Å². The van der Waals surface area contributed by atoms with Gasteiger partial charge in [0, 0.05) is 10.8 Å². The first-order valence-corrected chi connectivity index (χ1v) is 13.6. The first-order valence-electron chi connectivity index (χ1n) is 12.2. The second-order valence-electron chi connectivity index (χ2n) is 10.5. The van der Waals surface area contributed by atoms with Gasteiger partial charge in [-0.05, 0) is 48.4 Å². The highest BCUT2D eigenvalue weighted by atomic mass is 32.2. The van der Waals surface area contributed by atoms with Crippen molar-refractivity contribution in [3.8, 4) is 5.75 Å². The Morgan fingerprint density at radius 3 is 2.10 bits per heavy atom. The van der Waals surface area contributed by atoms with Crippen LogP contribution < -0.4 is 10.1 Å². The molecule has 3 aliphatic carbocycles. The van der Waals surface area contributed by atoms with Crippen LogP contribution in [0.25, 0.3) is 10.8 Å². The minimum Gasteiger partial charge on any atom is -0.487 e. The molecule has 3 saturated carbocycles. The lowest BCUT2D eigenvalue weighted by Crippen LogP contribution is -2.75. The smallest absolute Gasteiger partial charge is 0.487 e. The van der Waals surface area contributed by atoms with E-state index in [1.54, 1.807) is 30.3 Å². The van der Waals surface area contributed by atoms with Gasteiger partial charge in [0.25, 0.3) is 15.7 Å². The van der Waals surface area contributed by atoms with Crippen LogP contribution in [-0.4, -0.2) is 43.1 Å². The zero-order chi connectivity index (χ0) is 30.0. The summed E-state index contributed by atoms with van der Waals surface area (Å²) < 4.78 is 108. The molecule has 3 aromatic rings. The molecule has 3 fully saturated rings. The number of aliphatic carboxylic acids is 1. The highest BCUT2D eigenvalue weighted by molar-refractivity contribution is 7.92. The summed E-state index contributed by atoms with van der Waals surface area (Å²) in [6.45, 7) is -0.305. The summed E-state index contributed by atoms with van der Waals surface area (Å²) in [5, 5.41) is 13.2. The van der Waals surface area contributed by atoms with Crippen LogP contribution in [0.4, 0.5) is 26.3 Å². The van der Waals surface area contributed by atoms with E-state index in [1.807, 2.05) is 0 Å². The van der Waals surface area contributed by atoms with Crippen LogP contribution in [-0.2, 0) is 21.2 Å². The number of hydrogen-bond acceptors (Lipinski definition) is 5. The Morgan fingerprint density at radius 1 is 0.927 bits per heavy atom. The average molecular weight is 602 g/mol. The predicted molar refractivity (Wildman–Crippen MR) is 132 cm³/mol. The van der Waals surface area contributed by atoms with Crippen molar-refractivity contribution in [1.82, 2.24) is 5.32 Å². The lowest BCUT2D eigenvalue weighted by atomic mass is 9.33. The van der Waals surface area contributed by atoms with Crippen molar-refractivity contribution in [1.29, 1.82) is 0 Å². The molecule has 2 N–H and O–H groups in total. The molecule has 3 aromatic carbocycles. The molecule has 2 bridgehead atoms. The Hall–Kier alpha value is -3.81. The first-order chi connectivity index (χ1) is 19.0. The van der Waals surface area contributed by atoms with Crippen molar-refractivity contribution < 1.29 is 54.2 Å². The Labute approximate surface area is 229 Å². The summed E-state index contributed by atoms with van der Waals surface area (Å²) in [4.78, 5) is 24.4. The number of sulfone groups is 1. The molecule has 1 unspecified atom stereocenters. The number of carboxylic acid groups (broad SMARTS) is 1. The molecule has 1 atom stereocenters. The number of carbonyl (C=O) groups excluding carboxylic acids is 1. The van der Waals surface area contributed by atoms with Gasteiger partial charge < -0.3 is 15.2 Å². The molecule has 0 radical (unpaired) electrons. The second-order valence-corrected chi connectivity index (χ2v) is 12.4. The van der Waals surface area contributed by atoms with Gasteiger partial charge in [-0.1, -0.05) is 42.5 Å². The van der Waals surface area contributed by atoms with Crippen molar-refractivity contribution in [3.63, 3.8) is 0 Å². The van der Waals surface area contributed by atoms with Crippen LogP contribution in [0.2, 0.25) is 0 Å². The SMILES string of the molecule is O=C(NC(C(=O)O)C12CC(C(F)(F)F)(C1)C2)c1ccc2ccccc2c1OCc1ccc(S(=O)(=O)C(F)(F)F)cc1. The normalized spacial score (nSPS) is 22.8. The fraction of sp³-hybridized carbons (Fsp3) is 0.333. The van der Waals surface area contributed by atoms with Crippen LogP contribution in [0.1, 0.15) is 35.2 Å². The summed E-state index contributed by atoms with van der Waals surface area (Å²) in [7, 11) is -5.55. The van der Waals surface area contributed by atoms with E-state index in [9.17, 15) is 49.5 Å². The van der Waals surface area contributed by atoms with Gasteiger partial charge in [-0.25, -0.2) is 13.2 Å². The maximum absolute atomic E-state index is 13.3. The maximum atomic E-state index is 13.3. The maximum Gasteiger partial charge on any atom is 0.501 e. The van der Waals surface area contributed by atoms with E-state index < -0.39 is 74.4 Å². The molecule has 7 nitrogen and oxygen atoms in total. The van der Waals surface area contributed by atoms with E-state index in [0.29, 0.717) is 10.8 Å². The molecular weight excluding hydrogens is 580 g/mol. The van der Waals surface area contributed by atoms with Crippen LogP contribution in [0, 0.1) is 10.8 Å².